The number of aryl methyl sites for hydroxylation is 1. The Morgan fingerprint density at radius 1 is 1.25 bits per heavy atom. The average molecular weight is 507 g/mol. The molecule has 2 aliphatic heterocycles. The number of hydrogen-bond acceptors (Lipinski definition) is 7. The van der Waals surface area contributed by atoms with Crippen molar-refractivity contribution in [2.24, 2.45) is 7.05 Å². The third kappa shape index (κ3) is 4.93. The second-order valence-electron chi connectivity index (χ2n) is 8.90. The molecule has 4 heterocycles. The molecule has 2 aromatic heterocycles. The molecule has 13 heteroatoms. The van der Waals surface area contributed by atoms with E-state index < -0.39 is 18.8 Å². The molecule has 10 nitrogen and oxygen atoms in total. The van der Waals surface area contributed by atoms with Crippen LogP contribution in [0.5, 0.6) is 0 Å². The molecular formula is C23H26F3N6O4+. The van der Waals surface area contributed by atoms with E-state index in [-0.39, 0.29) is 25.4 Å². The van der Waals surface area contributed by atoms with Crippen molar-refractivity contribution in [3.05, 3.63) is 30.5 Å². The maximum atomic E-state index is 13.3. The normalized spacial score (nSPS) is 19.6. The molecule has 2 aliphatic rings. The van der Waals surface area contributed by atoms with Gasteiger partial charge in [-0.2, -0.15) is 17.9 Å². The number of carbonyl (C=O) groups is 1. The van der Waals surface area contributed by atoms with Crippen LogP contribution in [-0.2, 0) is 23.1 Å². The summed E-state index contributed by atoms with van der Waals surface area (Å²) < 4.78 is 53.3. The van der Waals surface area contributed by atoms with E-state index in [0.717, 1.165) is 17.5 Å². The van der Waals surface area contributed by atoms with Crippen LogP contribution in [-0.4, -0.2) is 70.7 Å². The molecule has 2 atom stereocenters. The maximum Gasteiger partial charge on any atom is 0.421 e. The van der Waals surface area contributed by atoms with Gasteiger partial charge in [-0.15, -0.1) is 5.10 Å². The second kappa shape index (κ2) is 9.54. The average Bonchev–Trinajstić information content (AvgIpc) is 3.40. The summed E-state index contributed by atoms with van der Waals surface area (Å²) in [6, 6.07) is 6.71. The summed E-state index contributed by atoms with van der Waals surface area (Å²) in [7, 11) is 1.66. The lowest BCUT2D eigenvalue weighted by molar-refractivity contribution is -0.639. The number of aliphatic hydroxyl groups excluding tert-OH is 1. The van der Waals surface area contributed by atoms with Gasteiger partial charge in [-0.1, -0.05) is 4.98 Å². The molecule has 2 saturated heterocycles. The van der Waals surface area contributed by atoms with E-state index >= 15 is 0 Å². The van der Waals surface area contributed by atoms with Crippen molar-refractivity contribution >= 4 is 28.6 Å². The molecule has 2 unspecified atom stereocenters. The fraction of sp³-hybridized carbons (Fsp3) is 0.478. The van der Waals surface area contributed by atoms with Crippen LogP contribution in [0.4, 0.5) is 29.5 Å². The van der Waals surface area contributed by atoms with Gasteiger partial charge < -0.3 is 19.5 Å². The fourth-order valence-corrected chi connectivity index (χ4v) is 4.79. The molecule has 2 N–H and O–H groups in total. The number of rotatable bonds is 6. The van der Waals surface area contributed by atoms with Crippen LogP contribution in [0.1, 0.15) is 12.8 Å². The summed E-state index contributed by atoms with van der Waals surface area (Å²) in [4.78, 5) is 18.7. The Bertz CT molecular complexity index is 1250. The van der Waals surface area contributed by atoms with Crippen LogP contribution < -0.4 is 14.8 Å². The Morgan fingerprint density at radius 2 is 1.94 bits per heavy atom. The van der Waals surface area contributed by atoms with Gasteiger partial charge in [0.1, 0.15) is 12.0 Å². The van der Waals surface area contributed by atoms with Gasteiger partial charge in [0.25, 0.3) is 11.5 Å². The summed E-state index contributed by atoms with van der Waals surface area (Å²) in [5.74, 6) is 1.02. The Balaban J connectivity index is 1.54. The van der Waals surface area contributed by atoms with Gasteiger partial charge in [0.2, 0.25) is 5.82 Å². The Kier molecular flexibility index (Phi) is 6.43. The van der Waals surface area contributed by atoms with E-state index in [2.05, 4.69) is 15.3 Å². The van der Waals surface area contributed by atoms with Crippen LogP contribution in [0, 0.1) is 0 Å². The molecule has 3 aromatic rings. The van der Waals surface area contributed by atoms with E-state index in [4.69, 9.17) is 19.6 Å². The topological polar surface area (TPSA) is 106 Å². The summed E-state index contributed by atoms with van der Waals surface area (Å²) in [6.45, 7) is -0.416. The summed E-state index contributed by atoms with van der Waals surface area (Å²) >= 11 is 0. The van der Waals surface area contributed by atoms with Crippen molar-refractivity contribution in [3.63, 3.8) is 0 Å². The standard InChI is InChI=1S/C23H25F3N6O4/c1-30-19(14-2-4-15(5-3-14)28-22(34)35-9-8-33)29-20(31-11-16-6-7-17(12-31)36-16)18-10-27-32(21(18)30)13-23(24,25)26/h2-5,10,16-17,33H,6-9,11-13H2,1H3/p+1. The van der Waals surface area contributed by atoms with Crippen molar-refractivity contribution in [1.82, 2.24) is 14.8 Å². The van der Waals surface area contributed by atoms with Gasteiger partial charge in [0, 0.05) is 18.8 Å². The van der Waals surface area contributed by atoms with E-state index in [9.17, 15) is 18.0 Å². The number of alkyl halides is 3. The van der Waals surface area contributed by atoms with E-state index in [1.54, 1.807) is 35.9 Å². The highest BCUT2D eigenvalue weighted by Crippen LogP contribution is 2.33. The van der Waals surface area contributed by atoms with Crippen molar-refractivity contribution in [2.45, 2.75) is 37.8 Å². The number of benzene rings is 1. The lowest BCUT2D eigenvalue weighted by Crippen LogP contribution is -2.44. The number of nitrogens with zero attached hydrogens (tertiary/aromatic N) is 5. The Labute approximate surface area is 204 Å². The Hall–Kier alpha value is -3.45. The van der Waals surface area contributed by atoms with Crippen LogP contribution in [0.3, 0.4) is 0 Å². The number of nitrogens with one attached hydrogen (secondary N) is 1. The molecule has 0 radical (unpaired) electrons. The zero-order valence-corrected chi connectivity index (χ0v) is 19.5. The monoisotopic (exact) mass is 507 g/mol. The lowest BCUT2D eigenvalue weighted by atomic mass is 10.1. The molecule has 0 aliphatic carbocycles. The van der Waals surface area contributed by atoms with E-state index in [1.807, 2.05) is 0 Å². The third-order valence-electron chi connectivity index (χ3n) is 6.29. The van der Waals surface area contributed by atoms with Gasteiger partial charge >= 0.3 is 12.3 Å². The van der Waals surface area contributed by atoms with Gasteiger partial charge in [0.15, 0.2) is 6.54 Å². The molecule has 1 aromatic carbocycles. The highest BCUT2D eigenvalue weighted by atomic mass is 19.4. The smallest absolute Gasteiger partial charge is 0.421 e. The molecule has 2 bridgehead atoms. The highest BCUT2D eigenvalue weighted by Gasteiger charge is 2.39. The minimum Gasteiger partial charge on any atom is -0.447 e. The number of hydrogen-bond donors (Lipinski definition) is 2. The number of anilines is 2. The summed E-state index contributed by atoms with van der Waals surface area (Å²) in [5, 5.41) is 15.9. The van der Waals surface area contributed by atoms with Gasteiger partial charge in [-0.05, 0) is 37.1 Å². The fourth-order valence-electron chi connectivity index (χ4n) is 4.79. The first-order valence-electron chi connectivity index (χ1n) is 11.6. The summed E-state index contributed by atoms with van der Waals surface area (Å²) in [5.41, 5.74) is 1.41. The van der Waals surface area contributed by atoms with Gasteiger partial charge in [-0.3, -0.25) is 5.32 Å². The number of halogens is 3. The van der Waals surface area contributed by atoms with Crippen molar-refractivity contribution in [2.75, 3.05) is 36.5 Å². The largest absolute Gasteiger partial charge is 0.447 e. The van der Waals surface area contributed by atoms with Crippen molar-refractivity contribution in [1.29, 1.82) is 0 Å². The number of morpholine rings is 1. The molecule has 2 fully saturated rings. The quantitative estimate of drug-likeness (QED) is 0.494. The number of aliphatic hydroxyl groups is 1. The third-order valence-corrected chi connectivity index (χ3v) is 6.29. The number of aromatic nitrogens is 4. The summed E-state index contributed by atoms with van der Waals surface area (Å²) in [6.07, 6.45) is -1.68. The van der Waals surface area contributed by atoms with Crippen LogP contribution in [0.2, 0.25) is 0 Å². The SMILES string of the molecule is C[n+]1c(-c2ccc(NC(=O)OCCO)cc2)nc(N2CC3CCC(C2)O3)c2cnn(CC(F)(F)F)c21. The number of ether oxygens (including phenoxy) is 2. The van der Waals surface area contributed by atoms with Crippen LogP contribution in [0.15, 0.2) is 30.5 Å². The first kappa shape index (κ1) is 24.3. The Morgan fingerprint density at radius 3 is 2.58 bits per heavy atom. The minimum absolute atomic E-state index is 0.0687. The van der Waals surface area contributed by atoms with Crippen molar-refractivity contribution < 1.29 is 37.1 Å². The second-order valence-corrected chi connectivity index (χ2v) is 8.90. The number of amides is 1. The molecule has 0 spiro atoms. The highest BCUT2D eigenvalue weighted by molar-refractivity contribution is 5.87. The first-order valence-corrected chi connectivity index (χ1v) is 11.6. The molecule has 1 amide bonds. The molecular weight excluding hydrogens is 481 g/mol. The zero-order chi connectivity index (χ0) is 25.4. The number of carbonyl (C=O) groups excluding carboxylic acids is 1. The number of fused-ring (bicyclic) bond motifs is 3. The van der Waals surface area contributed by atoms with E-state index in [1.165, 1.54) is 6.20 Å². The predicted octanol–water partition coefficient (Wildman–Crippen LogP) is 2.39. The molecule has 0 saturated carbocycles. The molecule has 36 heavy (non-hydrogen) atoms. The van der Waals surface area contributed by atoms with E-state index in [0.29, 0.717) is 47.0 Å². The van der Waals surface area contributed by atoms with Crippen LogP contribution in [0.25, 0.3) is 22.4 Å². The first-order chi connectivity index (χ1) is 17.2. The predicted molar refractivity (Wildman–Crippen MR) is 122 cm³/mol. The zero-order valence-electron chi connectivity index (χ0n) is 19.5. The van der Waals surface area contributed by atoms with Gasteiger partial charge in [-0.25, -0.2) is 9.36 Å². The maximum absolute atomic E-state index is 13.3. The van der Waals surface area contributed by atoms with Gasteiger partial charge in [0.05, 0.1) is 37.6 Å². The van der Waals surface area contributed by atoms with Crippen molar-refractivity contribution in [3.8, 4) is 11.4 Å². The lowest BCUT2D eigenvalue weighted by Gasteiger charge is -2.32. The van der Waals surface area contributed by atoms with Crippen LogP contribution >= 0.6 is 0 Å². The minimum atomic E-state index is -4.44. The molecule has 192 valence electrons. The molecule has 5 rings (SSSR count).